The van der Waals surface area contributed by atoms with Crippen molar-refractivity contribution in [3.05, 3.63) is 47.3 Å². The molecule has 2 rings (SSSR count). The highest BCUT2D eigenvalue weighted by Gasteiger charge is 2.34. The maximum atomic E-state index is 12.5. The summed E-state index contributed by atoms with van der Waals surface area (Å²) in [5.74, 6) is -1.47. The fourth-order valence-corrected chi connectivity index (χ4v) is 2.69. The first kappa shape index (κ1) is 17.7. The molecule has 1 heterocycles. The van der Waals surface area contributed by atoms with Crippen LogP contribution >= 0.6 is 0 Å². The van der Waals surface area contributed by atoms with Crippen LogP contribution < -0.4 is 5.32 Å². The summed E-state index contributed by atoms with van der Waals surface area (Å²) in [4.78, 5) is 24.0. The van der Waals surface area contributed by atoms with Gasteiger partial charge in [-0.3, -0.25) is 4.79 Å². The molecule has 1 aromatic heterocycles. The Morgan fingerprint density at radius 3 is 2.62 bits per heavy atom. The maximum Gasteiger partial charge on any atom is 0.329 e. The lowest BCUT2D eigenvalue weighted by Gasteiger charge is -2.25. The molecule has 0 saturated carbocycles. The highest BCUT2D eigenvalue weighted by Crippen LogP contribution is 2.18. The summed E-state index contributed by atoms with van der Waals surface area (Å²) in [6.07, 6.45) is 2.49. The number of hydrogen-bond donors (Lipinski definition) is 2. The third-order valence-corrected chi connectivity index (χ3v) is 4.11. The molecule has 1 atom stereocenters. The number of hydrogen-bond acceptors (Lipinski definition) is 3. The summed E-state index contributed by atoms with van der Waals surface area (Å²) in [6.45, 7) is 7.19. The number of carboxylic acids is 1. The van der Waals surface area contributed by atoms with Crippen molar-refractivity contribution in [2.24, 2.45) is 0 Å². The zero-order chi connectivity index (χ0) is 17.9. The average molecular weight is 329 g/mol. The second kappa shape index (κ2) is 6.86. The molecule has 0 bridgehead atoms. The first-order valence-corrected chi connectivity index (χ1v) is 7.96. The van der Waals surface area contributed by atoms with Crippen molar-refractivity contribution >= 4 is 11.9 Å². The summed E-state index contributed by atoms with van der Waals surface area (Å²) in [5, 5.41) is 16.3. The number of nitrogens with one attached hydrogen (secondary N) is 1. The van der Waals surface area contributed by atoms with Crippen molar-refractivity contribution in [3.8, 4) is 5.69 Å². The molecule has 1 aromatic carbocycles. The zero-order valence-corrected chi connectivity index (χ0v) is 14.5. The summed E-state index contributed by atoms with van der Waals surface area (Å²) in [7, 11) is 0. The molecule has 0 aliphatic carbocycles. The molecular weight excluding hydrogens is 306 g/mol. The molecule has 2 aromatic rings. The van der Waals surface area contributed by atoms with Gasteiger partial charge < -0.3 is 10.4 Å². The van der Waals surface area contributed by atoms with E-state index in [0.29, 0.717) is 24.1 Å². The van der Waals surface area contributed by atoms with Gasteiger partial charge in [-0.25, -0.2) is 9.48 Å². The van der Waals surface area contributed by atoms with Gasteiger partial charge in [0.15, 0.2) is 0 Å². The van der Waals surface area contributed by atoms with Crippen molar-refractivity contribution in [1.82, 2.24) is 15.1 Å². The van der Waals surface area contributed by atoms with Crippen LogP contribution in [0.5, 0.6) is 0 Å². The zero-order valence-electron chi connectivity index (χ0n) is 14.5. The second-order valence-corrected chi connectivity index (χ2v) is 6.24. The quantitative estimate of drug-likeness (QED) is 0.853. The summed E-state index contributed by atoms with van der Waals surface area (Å²) < 4.78 is 1.68. The van der Waals surface area contributed by atoms with E-state index in [1.54, 1.807) is 11.6 Å². The third-order valence-electron chi connectivity index (χ3n) is 4.11. The molecule has 6 heteroatoms. The van der Waals surface area contributed by atoms with Gasteiger partial charge in [0.1, 0.15) is 5.54 Å². The first-order chi connectivity index (χ1) is 11.3. The second-order valence-electron chi connectivity index (χ2n) is 6.24. The molecule has 1 unspecified atom stereocenters. The average Bonchev–Trinajstić information content (AvgIpc) is 2.89. The Labute approximate surface area is 141 Å². The number of aliphatic carboxylic acids is 1. The fraction of sp³-hybridized carbons (Fsp3) is 0.389. The number of amides is 1. The van der Waals surface area contributed by atoms with E-state index in [9.17, 15) is 14.7 Å². The Hall–Kier alpha value is -2.63. The minimum atomic E-state index is -1.29. The summed E-state index contributed by atoms with van der Waals surface area (Å²) in [5.41, 5.74) is 1.71. The van der Waals surface area contributed by atoms with Crippen molar-refractivity contribution in [3.63, 3.8) is 0 Å². The van der Waals surface area contributed by atoms with E-state index in [1.807, 2.05) is 38.1 Å². The fourth-order valence-electron chi connectivity index (χ4n) is 2.69. The van der Waals surface area contributed by atoms with Crippen LogP contribution in [0.4, 0.5) is 0 Å². The molecule has 0 spiro atoms. The van der Waals surface area contributed by atoms with Gasteiger partial charge in [-0.05, 0) is 44.9 Å². The van der Waals surface area contributed by atoms with Gasteiger partial charge in [-0.1, -0.05) is 25.5 Å². The number of nitrogens with zero attached hydrogens (tertiary/aromatic N) is 2. The number of carbonyl (C=O) groups excluding carboxylic acids is 1. The minimum Gasteiger partial charge on any atom is -0.480 e. The molecule has 6 nitrogen and oxygen atoms in total. The van der Waals surface area contributed by atoms with E-state index in [0.717, 1.165) is 11.3 Å². The topological polar surface area (TPSA) is 84.2 Å². The Balaban J connectivity index is 2.30. The molecule has 0 aliphatic rings. The number of carboxylic acid groups (broad SMARTS) is 1. The van der Waals surface area contributed by atoms with Crippen LogP contribution in [0.25, 0.3) is 5.69 Å². The van der Waals surface area contributed by atoms with Crippen LogP contribution in [0, 0.1) is 13.8 Å². The molecule has 0 fully saturated rings. The van der Waals surface area contributed by atoms with E-state index in [-0.39, 0.29) is 0 Å². The minimum absolute atomic E-state index is 0.360. The van der Waals surface area contributed by atoms with Gasteiger partial charge in [0, 0.05) is 0 Å². The van der Waals surface area contributed by atoms with Crippen LogP contribution in [0.1, 0.15) is 48.3 Å². The molecule has 0 aliphatic heterocycles. The SMILES string of the molecule is CCCC(C)(NC(=O)c1cnn(-c2cccc(C)c2)c1C)C(=O)O. The van der Waals surface area contributed by atoms with Crippen molar-refractivity contribution in [2.45, 2.75) is 46.1 Å². The third kappa shape index (κ3) is 3.48. The van der Waals surface area contributed by atoms with Crippen LogP contribution in [-0.2, 0) is 4.79 Å². The van der Waals surface area contributed by atoms with E-state index in [2.05, 4.69) is 10.4 Å². The highest BCUT2D eigenvalue weighted by atomic mass is 16.4. The van der Waals surface area contributed by atoms with Crippen LogP contribution in [0.3, 0.4) is 0 Å². The van der Waals surface area contributed by atoms with Crippen molar-refractivity contribution < 1.29 is 14.7 Å². The molecule has 2 N–H and O–H groups in total. The molecule has 24 heavy (non-hydrogen) atoms. The smallest absolute Gasteiger partial charge is 0.329 e. The standard InChI is InChI=1S/C18H23N3O3/c1-5-9-18(4,17(23)24)20-16(22)15-11-19-21(13(15)3)14-8-6-7-12(2)10-14/h6-8,10-11H,5,9H2,1-4H3,(H,20,22)(H,23,24). The Kier molecular flexibility index (Phi) is 5.07. The van der Waals surface area contributed by atoms with Crippen molar-refractivity contribution in [1.29, 1.82) is 0 Å². The number of aryl methyl sites for hydroxylation is 1. The molecule has 128 valence electrons. The monoisotopic (exact) mass is 329 g/mol. The van der Waals surface area contributed by atoms with Crippen LogP contribution in [0.2, 0.25) is 0 Å². The number of carbonyl (C=O) groups is 2. The molecular formula is C18H23N3O3. The van der Waals surface area contributed by atoms with Gasteiger partial charge in [0.2, 0.25) is 0 Å². The maximum absolute atomic E-state index is 12.5. The molecule has 0 radical (unpaired) electrons. The number of benzene rings is 1. The van der Waals surface area contributed by atoms with Gasteiger partial charge in [0.05, 0.1) is 23.1 Å². The lowest BCUT2D eigenvalue weighted by molar-refractivity contribution is -0.144. The van der Waals surface area contributed by atoms with Crippen LogP contribution in [-0.4, -0.2) is 32.3 Å². The Morgan fingerprint density at radius 1 is 1.33 bits per heavy atom. The lowest BCUT2D eigenvalue weighted by Crippen LogP contribution is -2.52. The van der Waals surface area contributed by atoms with E-state index < -0.39 is 17.4 Å². The summed E-state index contributed by atoms with van der Waals surface area (Å²) >= 11 is 0. The van der Waals surface area contributed by atoms with E-state index >= 15 is 0 Å². The van der Waals surface area contributed by atoms with E-state index in [4.69, 9.17) is 0 Å². The van der Waals surface area contributed by atoms with Gasteiger partial charge in [-0.15, -0.1) is 0 Å². The summed E-state index contributed by atoms with van der Waals surface area (Å²) in [6, 6.07) is 7.79. The van der Waals surface area contributed by atoms with Gasteiger partial charge >= 0.3 is 5.97 Å². The van der Waals surface area contributed by atoms with Gasteiger partial charge in [0.25, 0.3) is 5.91 Å². The largest absolute Gasteiger partial charge is 0.480 e. The molecule has 1 amide bonds. The number of aromatic nitrogens is 2. The van der Waals surface area contributed by atoms with E-state index in [1.165, 1.54) is 13.1 Å². The van der Waals surface area contributed by atoms with Crippen LogP contribution in [0.15, 0.2) is 30.5 Å². The molecule has 0 saturated heterocycles. The predicted octanol–water partition coefficient (Wildman–Crippen LogP) is 2.86. The highest BCUT2D eigenvalue weighted by molar-refractivity contribution is 5.98. The van der Waals surface area contributed by atoms with Gasteiger partial charge in [-0.2, -0.15) is 5.10 Å². The Morgan fingerprint density at radius 2 is 2.04 bits per heavy atom. The Bertz CT molecular complexity index is 767. The lowest BCUT2D eigenvalue weighted by atomic mass is 9.96. The van der Waals surface area contributed by atoms with Crippen molar-refractivity contribution in [2.75, 3.05) is 0 Å². The predicted molar refractivity (Wildman–Crippen MR) is 91.5 cm³/mol. The normalized spacial score (nSPS) is 13.3. The first-order valence-electron chi connectivity index (χ1n) is 7.96. The number of rotatable bonds is 6.